The number of fused-ring (bicyclic) bond motifs is 3. The van der Waals surface area contributed by atoms with Crippen LogP contribution in [-0.4, -0.2) is 14.2 Å². The van der Waals surface area contributed by atoms with Crippen molar-refractivity contribution in [1.29, 1.82) is 0 Å². The Bertz CT molecular complexity index is 850. The highest BCUT2D eigenvalue weighted by Crippen LogP contribution is 2.52. The summed E-state index contributed by atoms with van der Waals surface area (Å²) in [6, 6.07) is 10.0. The molecule has 130 valence electrons. The van der Waals surface area contributed by atoms with E-state index in [1.54, 1.807) is 20.3 Å². The van der Waals surface area contributed by atoms with Crippen LogP contribution in [0, 0.1) is 5.92 Å². The van der Waals surface area contributed by atoms with Crippen LogP contribution in [0.4, 0.5) is 5.69 Å². The van der Waals surface area contributed by atoms with Crippen molar-refractivity contribution in [2.75, 3.05) is 19.5 Å². The minimum Gasteiger partial charge on any atom is -0.493 e. The number of rotatable bonds is 3. The molecule has 0 bridgehead atoms. The average molecular weight is 376 g/mol. The standard InChI is InChI=1S/C20H19Cl2NO2/c1-24-17-7-6-11(8-18(17)25-2)19-14-5-3-4-13(14)15-9-12(21)10-16(22)20(15)23-19/h3-4,6-10,13-14,19,23H,5H2,1-2H3/t13-,14+,19+/m1/s1. The fourth-order valence-electron chi connectivity index (χ4n) is 4.00. The second kappa shape index (κ2) is 6.47. The lowest BCUT2D eigenvalue weighted by molar-refractivity contribution is 0.353. The van der Waals surface area contributed by atoms with Gasteiger partial charge in [0.2, 0.25) is 0 Å². The maximum Gasteiger partial charge on any atom is 0.161 e. The van der Waals surface area contributed by atoms with Gasteiger partial charge in [-0.3, -0.25) is 0 Å². The van der Waals surface area contributed by atoms with Gasteiger partial charge in [-0.1, -0.05) is 41.4 Å². The molecule has 4 rings (SSSR count). The predicted molar refractivity (Wildman–Crippen MR) is 102 cm³/mol. The van der Waals surface area contributed by atoms with Gasteiger partial charge >= 0.3 is 0 Å². The topological polar surface area (TPSA) is 30.5 Å². The van der Waals surface area contributed by atoms with Gasteiger partial charge in [0.05, 0.1) is 31.0 Å². The Morgan fingerprint density at radius 3 is 2.60 bits per heavy atom. The van der Waals surface area contributed by atoms with E-state index >= 15 is 0 Å². The molecule has 3 nitrogen and oxygen atoms in total. The minimum atomic E-state index is 0.144. The van der Waals surface area contributed by atoms with E-state index in [0.29, 0.717) is 21.9 Å². The van der Waals surface area contributed by atoms with Crippen molar-refractivity contribution in [3.05, 3.63) is 63.7 Å². The molecule has 1 aliphatic heterocycles. The van der Waals surface area contributed by atoms with Crippen molar-refractivity contribution >= 4 is 28.9 Å². The van der Waals surface area contributed by atoms with Gasteiger partial charge < -0.3 is 14.8 Å². The number of hydrogen-bond acceptors (Lipinski definition) is 3. The number of ether oxygens (including phenoxy) is 2. The van der Waals surface area contributed by atoms with Gasteiger partial charge in [-0.05, 0) is 47.7 Å². The quantitative estimate of drug-likeness (QED) is 0.683. The number of benzene rings is 2. The molecule has 0 saturated carbocycles. The van der Waals surface area contributed by atoms with Crippen molar-refractivity contribution in [2.45, 2.75) is 18.4 Å². The molecular formula is C20H19Cl2NO2. The Morgan fingerprint density at radius 1 is 1.04 bits per heavy atom. The predicted octanol–water partition coefficient (Wildman–Crippen LogP) is 5.84. The largest absolute Gasteiger partial charge is 0.493 e. The number of methoxy groups -OCH3 is 2. The zero-order valence-corrected chi connectivity index (χ0v) is 15.6. The van der Waals surface area contributed by atoms with E-state index in [2.05, 4.69) is 23.5 Å². The van der Waals surface area contributed by atoms with E-state index < -0.39 is 0 Å². The van der Waals surface area contributed by atoms with E-state index in [-0.39, 0.29) is 6.04 Å². The molecule has 2 aliphatic rings. The first kappa shape index (κ1) is 16.6. The van der Waals surface area contributed by atoms with Gasteiger partial charge in [0.15, 0.2) is 11.5 Å². The summed E-state index contributed by atoms with van der Waals surface area (Å²) >= 11 is 12.7. The highest BCUT2D eigenvalue weighted by atomic mass is 35.5. The summed E-state index contributed by atoms with van der Waals surface area (Å²) in [5.74, 6) is 2.19. The van der Waals surface area contributed by atoms with Gasteiger partial charge in [-0.15, -0.1) is 0 Å². The summed E-state index contributed by atoms with van der Waals surface area (Å²) in [7, 11) is 3.30. The Morgan fingerprint density at radius 2 is 1.84 bits per heavy atom. The number of anilines is 1. The monoisotopic (exact) mass is 375 g/mol. The molecule has 3 atom stereocenters. The molecule has 0 fully saturated rings. The van der Waals surface area contributed by atoms with Crippen molar-refractivity contribution in [1.82, 2.24) is 0 Å². The van der Waals surface area contributed by atoms with Crippen molar-refractivity contribution in [2.24, 2.45) is 5.92 Å². The van der Waals surface area contributed by atoms with Crippen LogP contribution in [0.15, 0.2) is 42.5 Å². The Labute approximate surface area is 157 Å². The fourth-order valence-corrected chi connectivity index (χ4v) is 4.56. The average Bonchev–Trinajstić information content (AvgIpc) is 3.10. The molecule has 1 N–H and O–H groups in total. The first-order valence-electron chi connectivity index (χ1n) is 8.26. The number of allylic oxidation sites excluding steroid dienone is 2. The first-order valence-corrected chi connectivity index (χ1v) is 9.02. The summed E-state index contributed by atoms with van der Waals surface area (Å²) in [6.07, 6.45) is 5.53. The van der Waals surface area contributed by atoms with E-state index in [1.165, 1.54) is 5.56 Å². The van der Waals surface area contributed by atoms with Crippen molar-refractivity contribution in [3.63, 3.8) is 0 Å². The highest BCUT2D eigenvalue weighted by Gasteiger charge is 2.39. The van der Waals surface area contributed by atoms with Crippen LogP contribution >= 0.6 is 23.2 Å². The van der Waals surface area contributed by atoms with Crippen LogP contribution < -0.4 is 14.8 Å². The number of hydrogen-bond donors (Lipinski definition) is 1. The summed E-state index contributed by atoms with van der Waals surface area (Å²) in [5.41, 5.74) is 3.31. The summed E-state index contributed by atoms with van der Waals surface area (Å²) in [6.45, 7) is 0. The van der Waals surface area contributed by atoms with Crippen LogP contribution in [0.2, 0.25) is 10.0 Å². The van der Waals surface area contributed by atoms with Crippen LogP contribution in [0.1, 0.15) is 29.5 Å². The van der Waals surface area contributed by atoms with Gasteiger partial charge in [0.1, 0.15) is 0 Å². The second-order valence-corrected chi connectivity index (χ2v) is 7.29. The lowest BCUT2D eigenvalue weighted by atomic mass is 9.77. The molecule has 1 heterocycles. The van der Waals surface area contributed by atoms with Crippen molar-refractivity contribution in [3.8, 4) is 11.5 Å². The number of nitrogens with one attached hydrogen (secondary N) is 1. The molecule has 0 saturated heterocycles. The molecule has 5 heteroatoms. The van der Waals surface area contributed by atoms with Gasteiger partial charge in [0.25, 0.3) is 0 Å². The molecule has 2 aromatic rings. The zero-order chi connectivity index (χ0) is 17.6. The first-order chi connectivity index (χ1) is 12.1. The van der Waals surface area contributed by atoms with Gasteiger partial charge in [-0.25, -0.2) is 0 Å². The van der Waals surface area contributed by atoms with Crippen LogP contribution in [0.3, 0.4) is 0 Å². The lowest BCUT2D eigenvalue weighted by Crippen LogP contribution is -2.29. The molecule has 0 amide bonds. The van der Waals surface area contributed by atoms with Crippen molar-refractivity contribution < 1.29 is 9.47 Å². The maximum absolute atomic E-state index is 6.48. The van der Waals surface area contributed by atoms with Gasteiger partial charge in [-0.2, -0.15) is 0 Å². The Balaban J connectivity index is 1.79. The Kier molecular flexibility index (Phi) is 4.30. The third-order valence-electron chi connectivity index (χ3n) is 5.15. The van der Waals surface area contributed by atoms with E-state index in [9.17, 15) is 0 Å². The summed E-state index contributed by atoms with van der Waals surface area (Å²) in [4.78, 5) is 0. The smallest absolute Gasteiger partial charge is 0.161 e. The Hall–Kier alpha value is -1.84. The van der Waals surface area contributed by atoms with Crippen LogP contribution in [-0.2, 0) is 0 Å². The molecule has 0 aromatic heterocycles. The SMILES string of the molecule is COc1ccc([C@@H]2Nc3c(Cl)cc(Cl)cc3[C@@H]3C=CC[C@@H]32)cc1OC. The molecular weight excluding hydrogens is 357 g/mol. The minimum absolute atomic E-state index is 0.144. The number of halogens is 2. The molecule has 0 spiro atoms. The molecule has 1 aliphatic carbocycles. The highest BCUT2D eigenvalue weighted by molar-refractivity contribution is 6.36. The molecule has 0 unspecified atom stereocenters. The van der Waals surface area contributed by atoms with E-state index in [1.807, 2.05) is 18.2 Å². The van der Waals surface area contributed by atoms with E-state index in [0.717, 1.165) is 29.2 Å². The van der Waals surface area contributed by atoms with Crippen LogP contribution in [0.25, 0.3) is 0 Å². The van der Waals surface area contributed by atoms with Crippen LogP contribution in [0.5, 0.6) is 11.5 Å². The lowest BCUT2D eigenvalue weighted by Gasteiger charge is -2.38. The molecule has 2 aromatic carbocycles. The molecule has 25 heavy (non-hydrogen) atoms. The summed E-state index contributed by atoms with van der Waals surface area (Å²) in [5, 5.41) is 4.98. The summed E-state index contributed by atoms with van der Waals surface area (Å²) < 4.78 is 10.8. The third kappa shape index (κ3) is 2.76. The third-order valence-corrected chi connectivity index (χ3v) is 5.67. The zero-order valence-electron chi connectivity index (χ0n) is 14.1. The maximum atomic E-state index is 6.48. The fraction of sp³-hybridized carbons (Fsp3) is 0.300. The van der Waals surface area contributed by atoms with E-state index in [4.69, 9.17) is 32.7 Å². The normalized spacial score (nSPS) is 23.6. The molecule has 0 radical (unpaired) electrons. The van der Waals surface area contributed by atoms with Gasteiger partial charge in [0, 0.05) is 10.9 Å². The second-order valence-electron chi connectivity index (χ2n) is 6.44.